The number of phenolic OH excluding ortho intramolecular Hbond substituents is 1. The monoisotopic (exact) mass is 437 g/mol. The molecule has 138 valence electrons. The van der Waals surface area contributed by atoms with Gasteiger partial charge >= 0.3 is 0 Å². The number of rotatable bonds is 4. The van der Waals surface area contributed by atoms with E-state index < -0.39 is 4.92 Å². The van der Waals surface area contributed by atoms with Gasteiger partial charge in [-0.05, 0) is 52.3 Å². The molecule has 1 heterocycles. The summed E-state index contributed by atoms with van der Waals surface area (Å²) >= 11 is 3.48. The van der Waals surface area contributed by atoms with Crippen LogP contribution in [0.4, 0.5) is 11.4 Å². The Morgan fingerprint density at radius 2 is 1.96 bits per heavy atom. The van der Waals surface area contributed by atoms with Crippen molar-refractivity contribution in [1.82, 2.24) is 4.98 Å². The number of halogens is 1. The normalized spacial score (nSPS) is 11.3. The van der Waals surface area contributed by atoms with Gasteiger partial charge in [0.15, 0.2) is 5.58 Å². The zero-order valence-corrected chi connectivity index (χ0v) is 15.8. The third-order valence-electron chi connectivity index (χ3n) is 4.05. The van der Waals surface area contributed by atoms with Gasteiger partial charge in [-0.3, -0.25) is 15.1 Å². The first-order chi connectivity index (χ1) is 13.5. The molecule has 0 unspecified atom stereocenters. The second-order valence-electron chi connectivity index (χ2n) is 5.91. The Kier molecular flexibility index (Phi) is 4.62. The van der Waals surface area contributed by atoms with Crippen molar-refractivity contribution in [2.24, 2.45) is 4.99 Å². The number of non-ortho nitro benzene ring substituents is 1. The van der Waals surface area contributed by atoms with Crippen LogP contribution in [0.25, 0.3) is 22.6 Å². The van der Waals surface area contributed by atoms with Gasteiger partial charge in [0.25, 0.3) is 5.69 Å². The van der Waals surface area contributed by atoms with Crippen molar-refractivity contribution >= 4 is 44.6 Å². The number of aromatic nitrogens is 1. The number of nitrogens with zero attached hydrogens (tertiary/aromatic N) is 3. The number of fused-ring (bicyclic) bond motifs is 1. The molecule has 0 fully saturated rings. The summed E-state index contributed by atoms with van der Waals surface area (Å²) in [5, 5.41) is 20.8. The van der Waals surface area contributed by atoms with Crippen LogP contribution in [-0.4, -0.2) is 21.2 Å². The standard InChI is InChI=1S/C20H12BrN3O4/c21-16-4-2-1-3-15(16)20-23-17-10-13(5-8-19(17)28-20)22-11-12-9-14(24(26)27)6-7-18(12)25/h1-11,25H. The summed E-state index contributed by atoms with van der Waals surface area (Å²) in [7, 11) is 0. The molecule has 0 radical (unpaired) electrons. The largest absolute Gasteiger partial charge is 0.507 e. The van der Waals surface area contributed by atoms with Crippen molar-refractivity contribution in [3.8, 4) is 17.2 Å². The van der Waals surface area contributed by atoms with Crippen LogP contribution < -0.4 is 0 Å². The highest BCUT2D eigenvalue weighted by Gasteiger charge is 2.12. The molecule has 0 spiro atoms. The van der Waals surface area contributed by atoms with E-state index in [0.717, 1.165) is 10.0 Å². The third kappa shape index (κ3) is 3.49. The summed E-state index contributed by atoms with van der Waals surface area (Å²) < 4.78 is 6.68. The van der Waals surface area contributed by atoms with E-state index >= 15 is 0 Å². The van der Waals surface area contributed by atoms with Crippen molar-refractivity contribution in [2.45, 2.75) is 0 Å². The van der Waals surface area contributed by atoms with E-state index in [1.807, 2.05) is 24.3 Å². The molecule has 4 rings (SSSR count). The highest BCUT2D eigenvalue weighted by atomic mass is 79.9. The number of nitro benzene ring substituents is 1. The molecule has 28 heavy (non-hydrogen) atoms. The average molecular weight is 438 g/mol. The van der Waals surface area contributed by atoms with Crippen LogP contribution in [0.1, 0.15) is 5.56 Å². The molecule has 4 aromatic rings. The van der Waals surface area contributed by atoms with E-state index in [2.05, 4.69) is 25.9 Å². The predicted molar refractivity (Wildman–Crippen MR) is 109 cm³/mol. The molecule has 0 aliphatic carbocycles. The predicted octanol–water partition coefficient (Wildman–Crippen LogP) is 5.62. The van der Waals surface area contributed by atoms with Gasteiger partial charge in [0.05, 0.1) is 16.2 Å². The van der Waals surface area contributed by atoms with Gasteiger partial charge in [-0.15, -0.1) is 0 Å². The molecule has 0 aliphatic heterocycles. The Balaban J connectivity index is 1.67. The van der Waals surface area contributed by atoms with Gasteiger partial charge in [0.2, 0.25) is 5.89 Å². The van der Waals surface area contributed by atoms with Crippen LogP contribution in [-0.2, 0) is 0 Å². The Morgan fingerprint density at radius 3 is 2.75 bits per heavy atom. The molecule has 0 saturated heterocycles. The summed E-state index contributed by atoms with van der Waals surface area (Å²) in [4.78, 5) is 19.2. The van der Waals surface area contributed by atoms with E-state index in [1.54, 1.807) is 18.2 Å². The molecule has 0 bridgehead atoms. The highest BCUT2D eigenvalue weighted by Crippen LogP contribution is 2.31. The maximum Gasteiger partial charge on any atom is 0.270 e. The van der Waals surface area contributed by atoms with Crippen LogP contribution in [0.3, 0.4) is 0 Å². The average Bonchev–Trinajstić information content (AvgIpc) is 3.10. The number of aromatic hydroxyl groups is 1. The van der Waals surface area contributed by atoms with Crippen LogP contribution in [0.5, 0.6) is 5.75 Å². The number of hydrogen-bond donors (Lipinski definition) is 1. The third-order valence-corrected chi connectivity index (χ3v) is 4.74. The molecule has 0 aliphatic rings. The van der Waals surface area contributed by atoms with E-state index in [0.29, 0.717) is 22.7 Å². The SMILES string of the molecule is O=[N+]([O-])c1ccc(O)c(C=Nc2ccc3oc(-c4ccccc4Br)nc3c2)c1. The van der Waals surface area contributed by atoms with Gasteiger partial charge in [-0.1, -0.05) is 12.1 Å². The van der Waals surface area contributed by atoms with E-state index in [9.17, 15) is 15.2 Å². The summed E-state index contributed by atoms with van der Waals surface area (Å²) in [5.74, 6) is 0.396. The molecule has 7 nitrogen and oxygen atoms in total. The number of hydrogen-bond acceptors (Lipinski definition) is 6. The minimum absolute atomic E-state index is 0.0897. The number of aliphatic imine (C=N–C) groups is 1. The Labute approximate surface area is 167 Å². The lowest BCUT2D eigenvalue weighted by Gasteiger charge is -1.99. The minimum atomic E-state index is -0.526. The first kappa shape index (κ1) is 17.9. The quantitative estimate of drug-likeness (QED) is 0.253. The van der Waals surface area contributed by atoms with Crippen molar-refractivity contribution < 1.29 is 14.4 Å². The molecule has 3 aromatic carbocycles. The van der Waals surface area contributed by atoms with Crippen LogP contribution in [0, 0.1) is 10.1 Å². The summed E-state index contributed by atoms with van der Waals surface area (Å²) in [6.45, 7) is 0. The first-order valence-electron chi connectivity index (χ1n) is 8.18. The maximum absolute atomic E-state index is 10.9. The smallest absolute Gasteiger partial charge is 0.270 e. The summed E-state index contributed by atoms with van der Waals surface area (Å²) in [5.41, 5.74) is 2.79. The molecule has 0 atom stereocenters. The summed E-state index contributed by atoms with van der Waals surface area (Å²) in [6, 6.07) is 16.6. The van der Waals surface area contributed by atoms with Crippen molar-refractivity contribution in [3.63, 3.8) is 0 Å². The van der Waals surface area contributed by atoms with E-state index in [-0.39, 0.29) is 17.0 Å². The summed E-state index contributed by atoms with van der Waals surface area (Å²) in [6.07, 6.45) is 1.37. The van der Waals surface area contributed by atoms with Gasteiger partial charge in [0.1, 0.15) is 11.3 Å². The Morgan fingerprint density at radius 1 is 1.14 bits per heavy atom. The zero-order chi connectivity index (χ0) is 19.7. The molecule has 0 amide bonds. The second-order valence-corrected chi connectivity index (χ2v) is 6.76. The number of phenols is 1. The fraction of sp³-hybridized carbons (Fsp3) is 0. The fourth-order valence-electron chi connectivity index (χ4n) is 2.65. The minimum Gasteiger partial charge on any atom is -0.507 e. The second kappa shape index (κ2) is 7.24. The maximum atomic E-state index is 10.9. The lowest BCUT2D eigenvalue weighted by atomic mass is 10.2. The van der Waals surface area contributed by atoms with Gasteiger partial charge < -0.3 is 9.52 Å². The molecular weight excluding hydrogens is 426 g/mol. The zero-order valence-electron chi connectivity index (χ0n) is 14.2. The van der Waals surface area contributed by atoms with Gasteiger partial charge in [-0.2, -0.15) is 0 Å². The van der Waals surface area contributed by atoms with Crippen LogP contribution in [0.2, 0.25) is 0 Å². The van der Waals surface area contributed by atoms with E-state index in [4.69, 9.17) is 4.42 Å². The lowest BCUT2D eigenvalue weighted by molar-refractivity contribution is -0.384. The van der Waals surface area contributed by atoms with E-state index in [1.165, 1.54) is 24.4 Å². The van der Waals surface area contributed by atoms with Crippen molar-refractivity contribution in [1.29, 1.82) is 0 Å². The fourth-order valence-corrected chi connectivity index (χ4v) is 3.10. The Hall–Kier alpha value is -3.52. The van der Waals surface area contributed by atoms with Gasteiger partial charge in [-0.25, -0.2) is 4.98 Å². The van der Waals surface area contributed by atoms with Crippen molar-refractivity contribution in [2.75, 3.05) is 0 Å². The van der Waals surface area contributed by atoms with Crippen molar-refractivity contribution in [3.05, 3.63) is 80.8 Å². The Bertz CT molecular complexity index is 1230. The molecule has 0 saturated carbocycles. The molecule has 1 N–H and O–H groups in total. The lowest BCUT2D eigenvalue weighted by Crippen LogP contribution is -1.90. The first-order valence-corrected chi connectivity index (χ1v) is 8.97. The molecule has 1 aromatic heterocycles. The number of benzene rings is 3. The van der Waals surface area contributed by atoms with Gasteiger partial charge in [0, 0.05) is 28.4 Å². The van der Waals surface area contributed by atoms with Crippen LogP contribution >= 0.6 is 15.9 Å². The molecule has 8 heteroatoms. The van der Waals surface area contributed by atoms with Crippen LogP contribution in [0.15, 0.2) is 74.5 Å². The number of oxazole rings is 1. The number of nitro groups is 1. The topological polar surface area (TPSA) is 102 Å². The molecular formula is C20H12BrN3O4. The highest BCUT2D eigenvalue weighted by molar-refractivity contribution is 9.10.